The number of amides is 1. The highest BCUT2D eigenvalue weighted by molar-refractivity contribution is 6.53. The second-order valence-electron chi connectivity index (χ2n) is 8.08. The first-order valence-electron chi connectivity index (χ1n) is 10.1. The molecule has 3 aromatic rings. The van der Waals surface area contributed by atoms with Gasteiger partial charge < -0.3 is 11.1 Å². The van der Waals surface area contributed by atoms with Gasteiger partial charge >= 0.3 is 0 Å². The zero-order chi connectivity index (χ0) is 25.7. The number of alkyl halides is 2. The van der Waals surface area contributed by atoms with Crippen molar-refractivity contribution in [3.63, 3.8) is 0 Å². The number of anilines is 2. The molecule has 2 atom stereocenters. The van der Waals surface area contributed by atoms with Crippen molar-refractivity contribution in [1.29, 1.82) is 0 Å². The number of rotatable bonds is 6. The van der Waals surface area contributed by atoms with Crippen molar-refractivity contribution < 1.29 is 18.4 Å². The first-order chi connectivity index (χ1) is 16.4. The van der Waals surface area contributed by atoms with E-state index >= 15 is 0 Å². The van der Waals surface area contributed by atoms with E-state index in [1.54, 1.807) is 18.2 Å². The van der Waals surface area contributed by atoms with Crippen molar-refractivity contribution in [1.82, 2.24) is 0 Å². The third-order valence-corrected chi connectivity index (χ3v) is 7.32. The fourth-order valence-electron chi connectivity index (χ4n) is 3.91. The van der Waals surface area contributed by atoms with E-state index in [9.17, 15) is 18.4 Å². The largest absolute Gasteiger partial charge is 0.399 e. The van der Waals surface area contributed by atoms with Gasteiger partial charge in [0.2, 0.25) is 5.91 Å². The maximum Gasteiger partial charge on any atom is 0.231 e. The topological polar surface area (TPSA) is 72.2 Å². The van der Waals surface area contributed by atoms with Gasteiger partial charge in [0.25, 0.3) is 0 Å². The first-order valence-corrected chi connectivity index (χ1v) is 12.0. The molecule has 11 heteroatoms. The molecule has 182 valence electrons. The van der Waals surface area contributed by atoms with E-state index in [1.165, 1.54) is 18.2 Å². The zero-order valence-corrected chi connectivity index (χ0v) is 21.3. The van der Waals surface area contributed by atoms with Gasteiger partial charge in [-0.2, -0.15) is 0 Å². The molecule has 0 unspecified atom stereocenters. The molecular formula is C24H15Cl5F2N2O2. The van der Waals surface area contributed by atoms with Crippen LogP contribution in [0.2, 0.25) is 15.1 Å². The van der Waals surface area contributed by atoms with E-state index in [0.29, 0.717) is 15.6 Å². The van der Waals surface area contributed by atoms with Gasteiger partial charge in [0, 0.05) is 44.9 Å². The van der Waals surface area contributed by atoms with Crippen LogP contribution >= 0.6 is 58.0 Å². The Kier molecular flexibility index (Phi) is 7.24. The van der Waals surface area contributed by atoms with Gasteiger partial charge in [-0.1, -0.05) is 34.8 Å². The molecule has 0 bridgehead atoms. The van der Waals surface area contributed by atoms with Gasteiger partial charge in [0.05, 0.1) is 10.9 Å². The summed E-state index contributed by atoms with van der Waals surface area (Å²) in [6.07, 6.45) is -0.595. The third-order valence-electron chi connectivity index (χ3n) is 5.62. The van der Waals surface area contributed by atoms with E-state index in [2.05, 4.69) is 5.32 Å². The Morgan fingerprint density at radius 3 is 2.14 bits per heavy atom. The number of nitrogens with two attached hydrogens (primary N) is 1. The number of carbonyl (C=O) groups excluding carboxylic acids is 2. The molecule has 4 rings (SSSR count). The molecule has 1 saturated carbocycles. The van der Waals surface area contributed by atoms with Gasteiger partial charge in [-0.25, -0.2) is 8.78 Å². The highest BCUT2D eigenvalue weighted by atomic mass is 35.5. The summed E-state index contributed by atoms with van der Waals surface area (Å²) in [4.78, 5) is 25.7. The Bertz CT molecular complexity index is 1320. The van der Waals surface area contributed by atoms with Gasteiger partial charge in [-0.15, -0.1) is 23.2 Å². The SMILES string of the molecule is Nc1cc(F)c(CC(=O)c2cc(NC(=O)[C@H]3[C@H](c4cc(Cl)cc(Cl)c4)C3(Cl)Cl)ccc2Cl)c(F)c1. The molecule has 0 radical (unpaired) electrons. The highest BCUT2D eigenvalue weighted by Gasteiger charge is 2.67. The van der Waals surface area contributed by atoms with E-state index in [-0.39, 0.29) is 22.0 Å². The molecule has 1 amide bonds. The molecule has 0 spiro atoms. The Hall–Kier alpha value is -2.09. The Morgan fingerprint density at radius 2 is 1.54 bits per heavy atom. The second-order valence-corrected chi connectivity index (χ2v) is 10.8. The summed E-state index contributed by atoms with van der Waals surface area (Å²) >= 11 is 31.0. The number of hydrogen-bond donors (Lipinski definition) is 2. The second kappa shape index (κ2) is 9.75. The molecule has 1 aliphatic carbocycles. The van der Waals surface area contributed by atoms with Crippen molar-refractivity contribution in [3.05, 3.63) is 91.9 Å². The molecule has 4 nitrogen and oxygen atoms in total. The van der Waals surface area contributed by atoms with Crippen LogP contribution in [-0.4, -0.2) is 16.0 Å². The predicted octanol–water partition coefficient (Wildman–Crippen LogP) is 7.46. The summed E-state index contributed by atoms with van der Waals surface area (Å²) in [6, 6.07) is 10.8. The molecule has 0 aromatic heterocycles. The van der Waals surface area contributed by atoms with Crippen LogP contribution in [0.5, 0.6) is 0 Å². The number of nitrogen functional groups attached to an aromatic ring is 1. The van der Waals surface area contributed by atoms with Crippen LogP contribution in [-0.2, 0) is 11.2 Å². The Morgan fingerprint density at radius 1 is 0.943 bits per heavy atom. The van der Waals surface area contributed by atoms with Crippen LogP contribution < -0.4 is 11.1 Å². The number of ketones is 1. The quantitative estimate of drug-likeness (QED) is 0.181. The molecular weight excluding hydrogens is 564 g/mol. The summed E-state index contributed by atoms with van der Waals surface area (Å²) in [5.74, 6) is -4.45. The van der Waals surface area contributed by atoms with Crippen LogP contribution in [0.4, 0.5) is 20.2 Å². The van der Waals surface area contributed by atoms with Crippen molar-refractivity contribution in [2.24, 2.45) is 5.92 Å². The number of hydrogen-bond acceptors (Lipinski definition) is 3. The van der Waals surface area contributed by atoms with Crippen molar-refractivity contribution >= 4 is 81.1 Å². The van der Waals surface area contributed by atoms with Crippen LogP contribution in [0.25, 0.3) is 0 Å². The third kappa shape index (κ3) is 5.37. The van der Waals surface area contributed by atoms with Gasteiger partial charge in [-0.05, 0) is 54.1 Å². The Balaban J connectivity index is 1.53. The molecule has 1 aliphatic rings. The van der Waals surface area contributed by atoms with Crippen molar-refractivity contribution in [2.45, 2.75) is 16.7 Å². The fourth-order valence-corrected chi connectivity index (χ4v) is 5.50. The highest BCUT2D eigenvalue weighted by Crippen LogP contribution is 2.65. The molecule has 3 N–H and O–H groups in total. The summed E-state index contributed by atoms with van der Waals surface area (Å²) < 4.78 is 26.9. The molecule has 0 saturated heterocycles. The lowest BCUT2D eigenvalue weighted by Crippen LogP contribution is -2.17. The first kappa shape index (κ1) is 26.0. The molecule has 3 aromatic carbocycles. The van der Waals surface area contributed by atoms with Crippen LogP contribution in [0, 0.1) is 17.6 Å². The minimum atomic E-state index is -1.40. The van der Waals surface area contributed by atoms with Gasteiger partial charge in [0.1, 0.15) is 16.0 Å². The molecule has 0 heterocycles. The lowest BCUT2D eigenvalue weighted by molar-refractivity contribution is -0.117. The lowest BCUT2D eigenvalue weighted by atomic mass is 10.0. The molecule has 0 aliphatic heterocycles. The summed E-state index contributed by atoms with van der Waals surface area (Å²) in [7, 11) is 0. The van der Waals surface area contributed by atoms with Gasteiger partial charge in [0.15, 0.2) is 5.78 Å². The number of nitrogens with one attached hydrogen (secondary N) is 1. The predicted molar refractivity (Wildman–Crippen MR) is 136 cm³/mol. The Labute approximate surface area is 224 Å². The van der Waals surface area contributed by atoms with E-state index in [4.69, 9.17) is 63.7 Å². The molecule has 35 heavy (non-hydrogen) atoms. The lowest BCUT2D eigenvalue weighted by Gasteiger charge is -2.10. The number of Topliss-reactive ketones (excluding diaryl/α,β-unsaturated/α-hetero) is 1. The van der Waals surface area contributed by atoms with E-state index in [0.717, 1.165) is 12.1 Å². The van der Waals surface area contributed by atoms with Crippen LogP contribution in [0.3, 0.4) is 0 Å². The number of carbonyl (C=O) groups is 2. The minimum absolute atomic E-state index is 0.0305. The summed E-state index contributed by atoms with van der Waals surface area (Å²) in [5, 5.41) is 3.45. The average molecular weight is 579 g/mol. The monoisotopic (exact) mass is 576 g/mol. The summed E-state index contributed by atoms with van der Waals surface area (Å²) in [5.41, 5.74) is 5.66. The standard InChI is InChI=1S/C24H15Cl5F2N2O2/c25-11-3-10(4-12(26)5-11)21-22(24(21,28)29)23(35)33-14-1-2-17(27)15(8-14)20(34)9-16-18(30)6-13(32)7-19(16)31/h1-8,21-22H,9,32H2,(H,33,35)/t21-,22+/m0/s1. The van der Waals surface area contributed by atoms with E-state index in [1.807, 2.05) is 0 Å². The molecule has 1 fully saturated rings. The zero-order valence-electron chi connectivity index (χ0n) is 17.5. The smallest absolute Gasteiger partial charge is 0.231 e. The van der Waals surface area contributed by atoms with Crippen molar-refractivity contribution in [3.8, 4) is 0 Å². The maximum absolute atomic E-state index is 14.1. The number of benzene rings is 3. The van der Waals surface area contributed by atoms with E-state index < -0.39 is 51.5 Å². The number of halogens is 7. The maximum atomic E-state index is 14.1. The normalized spacial score (nSPS) is 18.3. The van der Waals surface area contributed by atoms with Crippen molar-refractivity contribution in [2.75, 3.05) is 11.1 Å². The van der Waals surface area contributed by atoms with Crippen LogP contribution in [0.15, 0.2) is 48.5 Å². The fraction of sp³-hybridized carbons (Fsp3) is 0.167. The van der Waals surface area contributed by atoms with Gasteiger partial charge in [-0.3, -0.25) is 9.59 Å². The minimum Gasteiger partial charge on any atom is -0.399 e. The average Bonchev–Trinajstić information content (AvgIpc) is 3.33. The van der Waals surface area contributed by atoms with Crippen LogP contribution in [0.1, 0.15) is 27.4 Å². The summed E-state index contributed by atoms with van der Waals surface area (Å²) in [6.45, 7) is 0.